The Kier molecular flexibility index (Phi) is 6.03. The van der Waals surface area contributed by atoms with Crippen molar-refractivity contribution in [2.45, 2.75) is 33.4 Å². The van der Waals surface area contributed by atoms with Gasteiger partial charge >= 0.3 is 0 Å². The molecule has 1 atom stereocenters. The third-order valence-electron chi connectivity index (χ3n) is 4.25. The molecule has 0 saturated heterocycles. The summed E-state index contributed by atoms with van der Waals surface area (Å²) in [5, 5.41) is 5.54. The Balaban J connectivity index is 1.62. The van der Waals surface area contributed by atoms with Crippen LogP contribution in [-0.2, 0) is 16.2 Å². The van der Waals surface area contributed by atoms with Crippen LogP contribution in [0.5, 0.6) is 17.2 Å². The molecule has 0 spiro atoms. The molecule has 2 aromatic rings. The van der Waals surface area contributed by atoms with E-state index in [1.165, 1.54) is 6.92 Å². The molecule has 2 amide bonds. The van der Waals surface area contributed by atoms with Crippen molar-refractivity contribution >= 4 is 17.5 Å². The molecule has 7 nitrogen and oxygen atoms in total. The summed E-state index contributed by atoms with van der Waals surface area (Å²) in [6.07, 6.45) is 0. The van der Waals surface area contributed by atoms with Crippen LogP contribution in [0, 0.1) is 5.92 Å². The SMILES string of the molecule is CC(=O)NC(C(=O)Nc1cccc(COc2ccc3c(c2)OCO3)c1)C(C)C. The lowest BCUT2D eigenvalue weighted by Crippen LogP contribution is -2.46. The maximum atomic E-state index is 12.5. The number of carbonyl (C=O) groups is 2. The molecule has 28 heavy (non-hydrogen) atoms. The Morgan fingerprint density at radius 2 is 1.89 bits per heavy atom. The van der Waals surface area contributed by atoms with Crippen molar-refractivity contribution in [2.24, 2.45) is 5.92 Å². The highest BCUT2D eigenvalue weighted by atomic mass is 16.7. The van der Waals surface area contributed by atoms with Crippen molar-refractivity contribution in [3.05, 3.63) is 48.0 Å². The Morgan fingerprint density at radius 3 is 2.64 bits per heavy atom. The van der Waals surface area contributed by atoms with Crippen molar-refractivity contribution in [2.75, 3.05) is 12.1 Å². The van der Waals surface area contributed by atoms with Crippen molar-refractivity contribution < 1.29 is 23.8 Å². The van der Waals surface area contributed by atoms with E-state index in [0.717, 1.165) is 5.56 Å². The summed E-state index contributed by atoms with van der Waals surface area (Å²) in [5.74, 6) is 1.52. The fourth-order valence-electron chi connectivity index (χ4n) is 2.85. The minimum absolute atomic E-state index is 0.0265. The minimum atomic E-state index is -0.592. The number of carbonyl (C=O) groups excluding carboxylic acids is 2. The maximum absolute atomic E-state index is 12.5. The van der Waals surface area contributed by atoms with E-state index >= 15 is 0 Å². The number of rotatable bonds is 7. The summed E-state index contributed by atoms with van der Waals surface area (Å²) >= 11 is 0. The van der Waals surface area contributed by atoms with Crippen molar-refractivity contribution in [3.63, 3.8) is 0 Å². The zero-order valence-corrected chi connectivity index (χ0v) is 16.2. The highest BCUT2D eigenvalue weighted by Gasteiger charge is 2.23. The third-order valence-corrected chi connectivity index (χ3v) is 4.25. The van der Waals surface area contributed by atoms with E-state index in [2.05, 4.69) is 10.6 Å². The molecule has 0 bridgehead atoms. The van der Waals surface area contributed by atoms with Gasteiger partial charge in [-0.25, -0.2) is 0 Å². The highest BCUT2D eigenvalue weighted by molar-refractivity contribution is 5.97. The van der Waals surface area contributed by atoms with Gasteiger partial charge in [0, 0.05) is 18.7 Å². The van der Waals surface area contributed by atoms with Gasteiger partial charge in [0.1, 0.15) is 18.4 Å². The lowest BCUT2D eigenvalue weighted by molar-refractivity contribution is -0.126. The van der Waals surface area contributed by atoms with E-state index < -0.39 is 6.04 Å². The Labute approximate surface area is 164 Å². The van der Waals surface area contributed by atoms with Gasteiger partial charge in [-0.15, -0.1) is 0 Å². The Hall–Kier alpha value is -3.22. The molecule has 7 heteroatoms. The predicted octanol–water partition coefficient (Wildman–Crippen LogP) is 3.09. The standard InChI is InChI=1S/C21H24N2O5/c1-13(2)20(22-14(3)24)21(25)23-16-6-4-5-15(9-16)11-26-17-7-8-18-19(10-17)28-12-27-18/h4-10,13,20H,11-12H2,1-3H3,(H,22,24)(H,23,25). The average Bonchev–Trinajstić information content (AvgIpc) is 3.12. The van der Waals surface area contributed by atoms with Gasteiger partial charge < -0.3 is 24.8 Å². The van der Waals surface area contributed by atoms with Gasteiger partial charge in [0.05, 0.1) is 0 Å². The first-order valence-electron chi connectivity index (χ1n) is 9.11. The fraction of sp³-hybridized carbons (Fsp3) is 0.333. The third kappa shape index (κ3) is 4.94. The normalized spacial score (nSPS) is 13.1. The molecule has 3 rings (SSSR count). The Morgan fingerprint density at radius 1 is 1.11 bits per heavy atom. The molecule has 2 N–H and O–H groups in total. The lowest BCUT2D eigenvalue weighted by Gasteiger charge is -2.21. The van der Waals surface area contributed by atoms with E-state index in [1.54, 1.807) is 12.1 Å². The molecule has 1 unspecified atom stereocenters. The first-order chi connectivity index (χ1) is 13.4. The summed E-state index contributed by atoms with van der Waals surface area (Å²) in [5.41, 5.74) is 1.55. The molecule has 0 aromatic heterocycles. The van der Waals surface area contributed by atoms with Crippen molar-refractivity contribution in [3.8, 4) is 17.2 Å². The summed E-state index contributed by atoms with van der Waals surface area (Å²) in [7, 11) is 0. The molecule has 0 saturated carbocycles. The minimum Gasteiger partial charge on any atom is -0.489 e. The zero-order valence-electron chi connectivity index (χ0n) is 16.2. The maximum Gasteiger partial charge on any atom is 0.247 e. The summed E-state index contributed by atoms with van der Waals surface area (Å²) in [6, 6.07) is 12.2. The molecule has 2 aromatic carbocycles. The van der Waals surface area contributed by atoms with Crippen LogP contribution in [0.15, 0.2) is 42.5 Å². The molecule has 1 aliphatic rings. The number of fused-ring (bicyclic) bond motifs is 1. The molecule has 1 aliphatic heterocycles. The number of nitrogens with one attached hydrogen (secondary N) is 2. The van der Waals surface area contributed by atoms with E-state index in [9.17, 15) is 9.59 Å². The number of hydrogen-bond acceptors (Lipinski definition) is 5. The second-order valence-electron chi connectivity index (χ2n) is 6.92. The summed E-state index contributed by atoms with van der Waals surface area (Å²) in [6.45, 7) is 5.72. The van der Waals surface area contributed by atoms with Gasteiger partial charge in [-0.2, -0.15) is 0 Å². The number of anilines is 1. The van der Waals surface area contributed by atoms with Crippen LogP contribution in [0.1, 0.15) is 26.3 Å². The van der Waals surface area contributed by atoms with Gasteiger partial charge in [-0.1, -0.05) is 26.0 Å². The van der Waals surface area contributed by atoms with Crippen LogP contribution < -0.4 is 24.8 Å². The van der Waals surface area contributed by atoms with Crippen LogP contribution in [0.2, 0.25) is 0 Å². The predicted molar refractivity (Wildman–Crippen MR) is 104 cm³/mol. The second kappa shape index (κ2) is 8.65. The molecular weight excluding hydrogens is 360 g/mol. The zero-order chi connectivity index (χ0) is 20.1. The van der Waals surface area contributed by atoms with Gasteiger partial charge in [0.25, 0.3) is 0 Å². The van der Waals surface area contributed by atoms with Crippen LogP contribution in [0.4, 0.5) is 5.69 Å². The van der Waals surface area contributed by atoms with Gasteiger partial charge in [0.15, 0.2) is 11.5 Å². The highest BCUT2D eigenvalue weighted by Crippen LogP contribution is 2.35. The van der Waals surface area contributed by atoms with E-state index in [0.29, 0.717) is 29.5 Å². The van der Waals surface area contributed by atoms with Crippen molar-refractivity contribution in [1.82, 2.24) is 5.32 Å². The van der Waals surface area contributed by atoms with Gasteiger partial charge in [0.2, 0.25) is 18.6 Å². The quantitative estimate of drug-likeness (QED) is 0.766. The summed E-state index contributed by atoms with van der Waals surface area (Å²) < 4.78 is 16.4. The van der Waals surface area contributed by atoms with Crippen LogP contribution in [0.25, 0.3) is 0 Å². The van der Waals surface area contributed by atoms with Gasteiger partial charge in [-0.3, -0.25) is 9.59 Å². The number of ether oxygens (including phenoxy) is 3. The topological polar surface area (TPSA) is 85.9 Å². The molecule has 1 heterocycles. The summed E-state index contributed by atoms with van der Waals surface area (Å²) in [4.78, 5) is 23.8. The smallest absolute Gasteiger partial charge is 0.247 e. The number of benzene rings is 2. The van der Waals surface area contributed by atoms with Gasteiger partial charge in [-0.05, 0) is 35.7 Å². The molecule has 0 aliphatic carbocycles. The average molecular weight is 384 g/mol. The monoisotopic (exact) mass is 384 g/mol. The van der Waals surface area contributed by atoms with E-state index in [4.69, 9.17) is 14.2 Å². The largest absolute Gasteiger partial charge is 0.489 e. The molecule has 148 valence electrons. The molecule has 0 radical (unpaired) electrons. The van der Waals surface area contributed by atoms with E-state index in [-0.39, 0.29) is 24.5 Å². The second-order valence-corrected chi connectivity index (χ2v) is 6.92. The number of hydrogen-bond donors (Lipinski definition) is 2. The van der Waals surface area contributed by atoms with E-state index in [1.807, 2.05) is 44.2 Å². The first-order valence-corrected chi connectivity index (χ1v) is 9.11. The van der Waals surface area contributed by atoms with Crippen molar-refractivity contribution in [1.29, 1.82) is 0 Å². The Bertz CT molecular complexity index is 866. The van der Waals surface area contributed by atoms with Crippen LogP contribution in [-0.4, -0.2) is 24.6 Å². The molecular formula is C21H24N2O5. The lowest BCUT2D eigenvalue weighted by atomic mass is 10.0. The molecule has 0 fully saturated rings. The van der Waals surface area contributed by atoms with Crippen LogP contribution in [0.3, 0.4) is 0 Å². The fourth-order valence-corrected chi connectivity index (χ4v) is 2.85. The van der Waals surface area contributed by atoms with Crippen LogP contribution >= 0.6 is 0 Å². The first kappa shape index (κ1) is 19.5. The number of amides is 2.